The van der Waals surface area contributed by atoms with Gasteiger partial charge < -0.3 is 9.47 Å². The highest BCUT2D eigenvalue weighted by Gasteiger charge is 2.04. The molecular weight excluding hydrogens is 260 g/mol. The quantitative estimate of drug-likeness (QED) is 0.750. The summed E-state index contributed by atoms with van der Waals surface area (Å²) in [6.45, 7) is 6.41. The van der Waals surface area contributed by atoms with Gasteiger partial charge in [-0.15, -0.1) is 0 Å². The van der Waals surface area contributed by atoms with Crippen LogP contribution in [0.25, 0.3) is 12.2 Å². The average Bonchev–Trinajstić information content (AvgIpc) is 2.46. The Morgan fingerprint density at radius 3 is 2.05 bits per heavy atom. The fourth-order valence-corrected chi connectivity index (χ4v) is 2.58. The summed E-state index contributed by atoms with van der Waals surface area (Å²) in [6, 6.07) is 10.3. The first kappa shape index (κ1) is 15.2. The smallest absolute Gasteiger partial charge is 0.129 e. The van der Waals surface area contributed by atoms with Crippen molar-refractivity contribution >= 4 is 12.2 Å². The van der Waals surface area contributed by atoms with E-state index in [-0.39, 0.29) is 0 Å². The summed E-state index contributed by atoms with van der Waals surface area (Å²) in [4.78, 5) is 0. The molecule has 2 nitrogen and oxygen atoms in total. The number of methoxy groups -OCH3 is 2. The maximum Gasteiger partial charge on any atom is 0.129 e. The van der Waals surface area contributed by atoms with E-state index in [0.717, 1.165) is 17.1 Å². The molecule has 2 heteroatoms. The summed E-state index contributed by atoms with van der Waals surface area (Å²) < 4.78 is 10.6. The summed E-state index contributed by atoms with van der Waals surface area (Å²) >= 11 is 0. The van der Waals surface area contributed by atoms with E-state index in [1.807, 2.05) is 18.2 Å². The van der Waals surface area contributed by atoms with Crippen molar-refractivity contribution in [2.75, 3.05) is 14.2 Å². The third-order valence-electron chi connectivity index (χ3n) is 3.61. The molecule has 0 unspecified atom stereocenters. The Labute approximate surface area is 127 Å². The maximum atomic E-state index is 5.42. The van der Waals surface area contributed by atoms with E-state index in [0.29, 0.717) is 0 Å². The molecule has 21 heavy (non-hydrogen) atoms. The molecule has 0 aromatic heterocycles. The first-order valence-corrected chi connectivity index (χ1v) is 7.03. The Morgan fingerprint density at radius 1 is 0.810 bits per heavy atom. The number of hydrogen-bond acceptors (Lipinski definition) is 2. The third kappa shape index (κ3) is 3.46. The van der Waals surface area contributed by atoms with E-state index in [2.05, 4.69) is 45.1 Å². The zero-order valence-corrected chi connectivity index (χ0v) is 13.4. The van der Waals surface area contributed by atoms with Crippen molar-refractivity contribution in [1.29, 1.82) is 0 Å². The molecule has 0 radical (unpaired) electrons. The monoisotopic (exact) mass is 282 g/mol. The molecule has 0 bridgehead atoms. The van der Waals surface area contributed by atoms with Crippen LogP contribution in [-0.4, -0.2) is 14.2 Å². The molecule has 2 rings (SSSR count). The lowest BCUT2D eigenvalue weighted by atomic mass is 9.99. The molecule has 2 aromatic carbocycles. The minimum atomic E-state index is 0.798. The Kier molecular flexibility index (Phi) is 4.69. The fourth-order valence-electron chi connectivity index (χ4n) is 2.58. The minimum Gasteiger partial charge on any atom is -0.497 e. The van der Waals surface area contributed by atoms with Crippen molar-refractivity contribution in [3.63, 3.8) is 0 Å². The van der Waals surface area contributed by atoms with Gasteiger partial charge in [0.1, 0.15) is 11.5 Å². The molecule has 0 atom stereocenters. The van der Waals surface area contributed by atoms with E-state index < -0.39 is 0 Å². The van der Waals surface area contributed by atoms with Crippen molar-refractivity contribution in [3.8, 4) is 11.5 Å². The lowest BCUT2D eigenvalue weighted by Gasteiger charge is -2.09. The lowest BCUT2D eigenvalue weighted by Crippen LogP contribution is -1.90. The zero-order chi connectivity index (χ0) is 15.4. The molecule has 0 amide bonds. The molecule has 0 saturated carbocycles. The number of rotatable bonds is 4. The second-order valence-electron chi connectivity index (χ2n) is 5.25. The van der Waals surface area contributed by atoms with Gasteiger partial charge in [0.2, 0.25) is 0 Å². The van der Waals surface area contributed by atoms with E-state index in [1.165, 1.54) is 22.3 Å². The summed E-state index contributed by atoms with van der Waals surface area (Å²) in [5.41, 5.74) is 6.17. The molecule has 0 heterocycles. The lowest BCUT2D eigenvalue weighted by molar-refractivity contribution is 0.394. The largest absolute Gasteiger partial charge is 0.497 e. The summed E-state index contributed by atoms with van der Waals surface area (Å²) in [7, 11) is 3.33. The van der Waals surface area contributed by atoms with Crippen LogP contribution >= 0.6 is 0 Å². The van der Waals surface area contributed by atoms with Crippen LogP contribution in [0.15, 0.2) is 30.3 Å². The van der Waals surface area contributed by atoms with Crippen LogP contribution in [0.5, 0.6) is 11.5 Å². The molecule has 0 saturated heterocycles. The van der Waals surface area contributed by atoms with Gasteiger partial charge in [0, 0.05) is 11.6 Å². The van der Waals surface area contributed by atoms with Gasteiger partial charge in [-0.1, -0.05) is 29.8 Å². The van der Waals surface area contributed by atoms with Gasteiger partial charge in [-0.05, 0) is 49.6 Å². The Balaban J connectivity index is 2.38. The fraction of sp³-hybridized carbons (Fsp3) is 0.263. The van der Waals surface area contributed by atoms with Crippen molar-refractivity contribution < 1.29 is 9.47 Å². The first-order chi connectivity index (χ1) is 10.0. The molecule has 0 N–H and O–H groups in total. The van der Waals surface area contributed by atoms with Crippen LogP contribution in [0.4, 0.5) is 0 Å². The van der Waals surface area contributed by atoms with Crippen molar-refractivity contribution in [2.45, 2.75) is 20.8 Å². The third-order valence-corrected chi connectivity index (χ3v) is 3.61. The molecule has 0 aliphatic rings. The number of aryl methyl sites for hydroxylation is 3. The molecule has 0 aliphatic heterocycles. The average molecular weight is 282 g/mol. The van der Waals surface area contributed by atoms with Gasteiger partial charge in [0.15, 0.2) is 0 Å². The van der Waals surface area contributed by atoms with Gasteiger partial charge in [0.05, 0.1) is 14.2 Å². The topological polar surface area (TPSA) is 18.5 Å². The minimum absolute atomic E-state index is 0.798. The molecule has 0 aliphatic carbocycles. The highest BCUT2D eigenvalue weighted by Crippen LogP contribution is 2.27. The van der Waals surface area contributed by atoms with Crippen LogP contribution in [0.2, 0.25) is 0 Å². The van der Waals surface area contributed by atoms with E-state index in [4.69, 9.17) is 9.47 Å². The summed E-state index contributed by atoms with van der Waals surface area (Å²) in [6.07, 6.45) is 4.23. The van der Waals surface area contributed by atoms with Gasteiger partial charge in [-0.3, -0.25) is 0 Å². The maximum absolute atomic E-state index is 5.42. The van der Waals surface area contributed by atoms with Gasteiger partial charge >= 0.3 is 0 Å². The first-order valence-electron chi connectivity index (χ1n) is 7.03. The predicted molar refractivity (Wildman–Crippen MR) is 89.1 cm³/mol. The van der Waals surface area contributed by atoms with E-state index in [1.54, 1.807) is 14.2 Å². The van der Waals surface area contributed by atoms with Gasteiger partial charge in [-0.25, -0.2) is 0 Å². The summed E-state index contributed by atoms with van der Waals surface area (Å²) in [5.74, 6) is 1.61. The Bertz CT molecular complexity index is 646. The summed E-state index contributed by atoms with van der Waals surface area (Å²) in [5, 5.41) is 0. The predicted octanol–water partition coefficient (Wildman–Crippen LogP) is 4.80. The molecular formula is C19H22O2. The highest BCUT2D eigenvalue weighted by atomic mass is 16.5. The number of benzene rings is 2. The van der Waals surface area contributed by atoms with Crippen LogP contribution in [-0.2, 0) is 0 Å². The standard InChI is InChI=1S/C19H22O2/c1-13-10-14(2)18(15(3)11-13)9-7-16-6-8-17(20-4)12-19(16)21-5/h6-12H,1-5H3/b9-7+. The Morgan fingerprint density at radius 2 is 1.48 bits per heavy atom. The molecule has 0 spiro atoms. The van der Waals surface area contributed by atoms with Crippen LogP contribution in [0.1, 0.15) is 27.8 Å². The van der Waals surface area contributed by atoms with E-state index in [9.17, 15) is 0 Å². The van der Waals surface area contributed by atoms with Crippen LogP contribution < -0.4 is 9.47 Å². The van der Waals surface area contributed by atoms with Gasteiger partial charge in [-0.2, -0.15) is 0 Å². The molecule has 2 aromatic rings. The number of ether oxygens (including phenoxy) is 2. The van der Waals surface area contributed by atoms with Crippen molar-refractivity contribution in [3.05, 3.63) is 58.1 Å². The second kappa shape index (κ2) is 6.49. The highest BCUT2D eigenvalue weighted by molar-refractivity contribution is 5.75. The van der Waals surface area contributed by atoms with Crippen LogP contribution in [0, 0.1) is 20.8 Å². The van der Waals surface area contributed by atoms with Crippen molar-refractivity contribution in [1.82, 2.24) is 0 Å². The Hall–Kier alpha value is -2.22. The van der Waals surface area contributed by atoms with Crippen molar-refractivity contribution in [2.24, 2.45) is 0 Å². The normalized spacial score (nSPS) is 10.9. The number of hydrogen-bond donors (Lipinski definition) is 0. The van der Waals surface area contributed by atoms with E-state index >= 15 is 0 Å². The molecule has 110 valence electrons. The van der Waals surface area contributed by atoms with Gasteiger partial charge in [0.25, 0.3) is 0 Å². The van der Waals surface area contributed by atoms with Crippen LogP contribution in [0.3, 0.4) is 0 Å². The molecule has 0 fully saturated rings. The second-order valence-corrected chi connectivity index (χ2v) is 5.25. The zero-order valence-electron chi connectivity index (χ0n) is 13.4. The SMILES string of the molecule is COc1ccc(/C=C/c2c(C)cc(C)cc2C)c(OC)c1.